The molecule has 2 atom stereocenters. The summed E-state index contributed by atoms with van der Waals surface area (Å²) in [7, 11) is 0. The third-order valence-corrected chi connectivity index (χ3v) is 4.98. The van der Waals surface area contributed by atoms with Gasteiger partial charge in [0.15, 0.2) is 0 Å². The molecule has 0 radical (unpaired) electrons. The fraction of sp³-hybridized carbons (Fsp3) is 1.00. The molecule has 1 nitrogen and oxygen atoms in total. The summed E-state index contributed by atoms with van der Waals surface area (Å²) in [4.78, 5) is 0. The average molecular weight is 277 g/mol. The van der Waals surface area contributed by atoms with Crippen LogP contribution in [0.2, 0.25) is 0 Å². The van der Waals surface area contributed by atoms with Crippen LogP contribution in [-0.2, 0) is 0 Å². The monoisotopic (exact) mass is 277 g/mol. The highest BCUT2D eigenvalue weighted by molar-refractivity contribution is 4.90. The van der Waals surface area contributed by atoms with Crippen molar-refractivity contribution in [3.8, 4) is 0 Å². The van der Waals surface area contributed by atoms with Crippen molar-refractivity contribution < 1.29 is 13.2 Å². The van der Waals surface area contributed by atoms with Crippen LogP contribution in [0.1, 0.15) is 65.2 Å². The molecule has 2 unspecified atom stereocenters. The van der Waals surface area contributed by atoms with Crippen LogP contribution >= 0.6 is 0 Å². The minimum Gasteiger partial charge on any atom is -0.311 e. The summed E-state index contributed by atoms with van der Waals surface area (Å²) in [5.74, 6) is -1.13. The lowest BCUT2D eigenvalue weighted by atomic mass is 9.75. The third kappa shape index (κ3) is 4.11. The second-order valence-electron chi connectivity index (χ2n) is 7.14. The molecule has 0 aliphatic heterocycles. The summed E-state index contributed by atoms with van der Waals surface area (Å²) in [6.45, 7) is 4.50. The first kappa shape index (κ1) is 15.1. The predicted molar refractivity (Wildman–Crippen MR) is 71.0 cm³/mol. The van der Waals surface area contributed by atoms with E-state index in [1.807, 2.05) is 0 Å². The first-order chi connectivity index (χ1) is 8.78. The van der Waals surface area contributed by atoms with E-state index < -0.39 is 12.1 Å². The molecule has 0 spiro atoms. The van der Waals surface area contributed by atoms with Crippen LogP contribution < -0.4 is 5.32 Å². The Labute approximate surface area is 114 Å². The molecule has 1 N–H and O–H groups in total. The van der Waals surface area contributed by atoms with Gasteiger partial charge < -0.3 is 5.32 Å². The smallest absolute Gasteiger partial charge is 0.311 e. The number of hydrogen-bond acceptors (Lipinski definition) is 1. The van der Waals surface area contributed by atoms with Crippen LogP contribution in [0.5, 0.6) is 0 Å². The maximum atomic E-state index is 13.0. The van der Waals surface area contributed by atoms with E-state index in [-0.39, 0.29) is 6.04 Å². The van der Waals surface area contributed by atoms with Crippen molar-refractivity contribution in [2.24, 2.45) is 11.3 Å². The Kier molecular flexibility index (Phi) is 4.49. The van der Waals surface area contributed by atoms with Gasteiger partial charge in [-0.15, -0.1) is 0 Å². The fourth-order valence-corrected chi connectivity index (χ4v) is 3.59. The van der Waals surface area contributed by atoms with Gasteiger partial charge in [-0.05, 0) is 43.9 Å². The van der Waals surface area contributed by atoms with Crippen molar-refractivity contribution in [2.75, 3.05) is 0 Å². The largest absolute Gasteiger partial charge is 0.393 e. The number of halogens is 3. The van der Waals surface area contributed by atoms with E-state index in [4.69, 9.17) is 0 Å². The summed E-state index contributed by atoms with van der Waals surface area (Å²) in [6.07, 6.45) is 2.89. The molecule has 4 heteroatoms. The van der Waals surface area contributed by atoms with E-state index in [1.54, 1.807) is 0 Å². The average Bonchev–Trinajstić information content (AvgIpc) is 2.31. The maximum Gasteiger partial charge on any atom is 0.393 e. The van der Waals surface area contributed by atoms with Crippen LogP contribution in [0.25, 0.3) is 0 Å². The first-order valence-electron chi connectivity index (χ1n) is 7.61. The maximum absolute atomic E-state index is 13.0. The number of nitrogens with one attached hydrogen (secondary N) is 1. The van der Waals surface area contributed by atoms with Gasteiger partial charge in [0, 0.05) is 12.1 Å². The van der Waals surface area contributed by atoms with Crippen molar-refractivity contribution in [3.05, 3.63) is 0 Å². The molecule has 0 aromatic heterocycles. The van der Waals surface area contributed by atoms with Crippen LogP contribution in [0.3, 0.4) is 0 Å². The molecule has 0 heterocycles. The predicted octanol–water partition coefficient (Wildman–Crippen LogP) is 4.67. The summed E-state index contributed by atoms with van der Waals surface area (Å²) in [5, 5.41) is 3.33. The van der Waals surface area contributed by atoms with Gasteiger partial charge in [0.25, 0.3) is 0 Å². The van der Waals surface area contributed by atoms with Crippen LogP contribution in [0, 0.1) is 11.3 Å². The Morgan fingerprint density at radius 3 is 2.11 bits per heavy atom. The molecule has 2 aliphatic carbocycles. The third-order valence-electron chi connectivity index (χ3n) is 4.98. The molecule has 2 rings (SSSR count). The minimum absolute atomic E-state index is 0.293. The lowest BCUT2D eigenvalue weighted by Gasteiger charge is -2.40. The second kappa shape index (κ2) is 5.63. The van der Waals surface area contributed by atoms with Crippen molar-refractivity contribution in [1.29, 1.82) is 0 Å². The highest BCUT2D eigenvalue weighted by Crippen LogP contribution is 2.40. The van der Waals surface area contributed by atoms with Gasteiger partial charge in [0.2, 0.25) is 0 Å². The normalized spacial score (nSPS) is 33.3. The van der Waals surface area contributed by atoms with Crippen LogP contribution in [-0.4, -0.2) is 18.3 Å². The molecule has 0 saturated heterocycles. The van der Waals surface area contributed by atoms with Gasteiger partial charge in [-0.1, -0.05) is 26.7 Å². The van der Waals surface area contributed by atoms with E-state index >= 15 is 0 Å². The van der Waals surface area contributed by atoms with Crippen molar-refractivity contribution in [2.45, 2.75) is 83.5 Å². The Morgan fingerprint density at radius 2 is 1.53 bits per heavy atom. The SMILES string of the molecule is CC1(C)CCC(NC2CCCCC2C(F)(F)F)CC1. The summed E-state index contributed by atoms with van der Waals surface area (Å²) < 4.78 is 39.1. The molecule has 2 fully saturated rings. The van der Waals surface area contributed by atoms with Gasteiger partial charge >= 0.3 is 6.18 Å². The van der Waals surface area contributed by atoms with Crippen molar-refractivity contribution >= 4 is 0 Å². The molecule has 0 bridgehead atoms. The molecule has 19 heavy (non-hydrogen) atoms. The van der Waals surface area contributed by atoms with Crippen molar-refractivity contribution in [3.63, 3.8) is 0 Å². The van der Waals surface area contributed by atoms with Crippen molar-refractivity contribution in [1.82, 2.24) is 5.32 Å². The van der Waals surface area contributed by atoms with Gasteiger partial charge in [0.05, 0.1) is 5.92 Å². The Morgan fingerprint density at radius 1 is 0.947 bits per heavy atom. The lowest BCUT2D eigenvalue weighted by Crippen LogP contribution is -2.50. The molecular formula is C15H26F3N. The van der Waals surface area contributed by atoms with E-state index in [0.717, 1.165) is 38.5 Å². The highest BCUT2D eigenvalue weighted by Gasteiger charge is 2.46. The Bertz CT molecular complexity index is 288. The van der Waals surface area contributed by atoms with Gasteiger partial charge in [0.1, 0.15) is 0 Å². The standard InChI is InChI=1S/C15H26F3N/c1-14(2)9-7-11(8-10-14)19-13-6-4-3-5-12(13)15(16,17)18/h11-13,19H,3-10H2,1-2H3. The zero-order valence-corrected chi connectivity index (χ0v) is 12.0. The molecule has 0 amide bonds. The quantitative estimate of drug-likeness (QED) is 0.773. The minimum atomic E-state index is -4.04. The van der Waals surface area contributed by atoms with E-state index in [9.17, 15) is 13.2 Å². The Hall–Kier alpha value is -0.250. The lowest BCUT2D eigenvalue weighted by molar-refractivity contribution is -0.189. The van der Waals surface area contributed by atoms with Gasteiger partial charge in [-0.25, -0.2) is 0 Å². The van der Waals surface area contributed by atoms with Gasteiger partial charge in [-0.3, -0.25) is 0 Å². The van der Waals surface area contributed by atoms with Crippen LogP contribution in [0.15, 0.2) is 0 Å². The number of hydrogen-bond donors (Lipinski definition) is 1. The molecule has 0 aromatic rings. The van der Waals surface area contributed by atoms with Crippen LogP contribution in [0.4, 0.5) is 13.2 Å². The molecule has 112 valence electrons. The van der Waals surface area contributed by atoms with E-state index in [0.29, 0.717) is 24.3 Å². The van der Waals surface area contributed by atoms with Gasteiger partial charge in [-0.2, -0.15) is 13.2 Å². The number of rotatable bonds is 2. The molecular weight excluding hydrogens is 251 g/mol. The molecule has 2 aliphatic rings. The topological polar surface area (TPSA) is 12.0 Å². The molecule has 2 saturated carbocycles. The summed E-state index contributed by atoms with van der Waals surface area (Å²) in [5.41, 5.74) is 0.369. The zero-order valence-electron chi connectivity index (χ0n) is 12.0. The van der Waals surface area contributed by atoms with E-state index in [1.165, 1.54) is 0 Å². The fourth-order valence-electron chi connectivity index (χ4n) is 3.59. The first-order valence-corrected chi connectivity index (χ1v) is 7.61. The zero-order chi connectivity index (χ0) is 14.1. The summed E-state index contributed by atoms with van der Waals surface area (Å²) >= 11 is 0. The second-order valence-corrected chi connectivity index (χ2v) is 7.14. The van der Waals surface area contributed by atoms with E-state index in [2.05, 4.69) is 19.2 Å². The Balaban J connectivity index is 1.90. The number of alkyl halides is 3. The highest BCUT2D eigenvalue weighted by atomic mass is 19.4. The summed E-state index contributed by atoms with van der Waals surface area (Å²) in [6, 6.07) is -0.0547. The molecule has 0 aromatic carbocycles.